The molecule has 3 aromatic heterocycles. The zero-order valence-electron chi connectivity index (χ0n) is 19.4. The van der Waals surface area contributed by atoms with E-state index in [1.807, 2.05) is 11.5 Å². The largest absolute Gasteiger partial charge is 0.478 e. The molecule has 5 N–H and O–H groups in total. The number of rotatable bonds is 7. The van der Waals surface area contributed by atoms with Crippen molar-refractivity contribution in [1.29, 1.82) is 0 Å². The summed E-state index contributed by atoms with van der Waals surface area (Å²) in [5, 5.41) is 21.8. The molecule has 0 radical (unpaired) electrons. The van der Waals surface area contributed by atoms with Crippen LogP contribution in [0.5, 0.6) is 11.6 Å². The van der Waals surface area contributed by atoms with Gasteiger partial charge in [-0.1, -0.05) is 6.07 Å². The van der Waals surface area contributed by atoms with E-state index in [1.165, 1.54) is 24.3 Å². The van der Waals surface area contributed by atoms with Crippen molar-refractivity contribution < 1.29 is 24.1 Å². The Morgan fingerprint density at radius 3 is 2.57 bits per heavy atom. The Morgan fingerprint density at radius 2 is 1.86 bits per heavy atom. The van der Waals surface area contributed by atoms with E-state index < -0.39 is 12.0 Å². The van der Waals surface area contributed by atoms with Crippen molar-refractivity contribution >= 4 is 40.2 Å². The Hall–Kier alpha value is -5.46. The Bertz CT molecular complexity index is 1610. The maximum Gasteiger partial charge on any atom is 0.335 e. The molecule has 5 aromatic rings. The molecule has 0 fully saturated rings. The van der Waals surface area contributed by atoms with Gasteiger partial charge in [0, 0.05) is 30.1 Å². The van der Waals surface area contributed by atoms with Crippen LogP contribution >= 0.6 is 0 Å². The van der Waals surface area contributed by atoms with Gasteiger partial charge < -0.3 is 30.8 Å². The van der Waals surface area contributed by atoms with Gasteiger partial charge in [-0.05, 0) is 53.6 Å². The van der Waals surface area contributed by atoms with Gasteiger partial charge in [0.1, 0.15) is 11.3 Å². The summed E-state index contributed by atoms with van der Waals surface area (Å²) in [6, 6.07) is 13.8. The summed E-state index contributed by atoms with van der Waals surface area (Å²) in [5.74, 6) is 0.367. The van der Waals surface area contributed by atoms with Gasteiger partial charge in [-0.15, -0.1) is 0 Å². The van der Waals surface area contributed by atoms with Gasteiger partial charge in [0.15, 0.2) is 17.3 Å². The van der Waals surface area contributed by atoms with E-state index in [4.69, 9.17) is 20.2 Å². The maximum atomic E-state index is 12.4. The molecule has 186 valence electrons. The van der Waals surface area contributed by atoms with Crippen LogP contribution in [0.25, 0.3) is 22.6 Å². The molecule has 0 unspecified atom stereocenters. The molecule has 0 aliphatic heterocycles. The summed E-state index contributed by atoms with van der Waals surface area (Å²) in [4.78, 5) is 32.2. The minimum atomic E-state index is -1.04. The first-order valence-electron chi connectivity index (χ1n) is 11.0. The molecule has 0 spiro atoms. The van der Waals surface area contributed by atoms with E-state index in [2.05, 4.69) is 30.9 Å². The summed E-state index contributed by atoms with van der Waals surface area (Å²) < 4.78 is 12.5. The van der Waals surface area contributed by atoms with E-state index in [9.17, 15) is 9.59 Å². The summed E-state index contributed by atoms with van der Waals surface area (Å²) in [5.41, 5.74) is 8.61. The van der Waals surface area contributed by atoms with Crippen molar-refractivity contribution in [1.82, 2.24) is 24.8 Å². The third kappa shape index (κ3) is 4.86. The zero-order chi connectivity index (χ0) is 25.9. The van der Waals surface area contributed by atoms with Crippen LogP contribution in [0.3, 0.4) is 0 Å². The lowest BCUT2D eigenvalue weighted by Crippen LogP contribution is -2.19. The fourth-order valence-electron chi connectivity index (χ4n) is 3.66. The molecule has 0 bridgehead atoms. The number of hydrogen-bond acceptors (Lipinski definition) is 9. The molecule has 2 amide bonds. The standard InChI is InChI=1S/C24H20N8O5/c1-2-32-18-11-19(26-12-17(18)29-22(32)20-21(25)31-37-30-20)36-16-5-3-4-15(10-16)28-24(35)27-14-8-6-13(7-9-14)23(33)34/h3-12H,2H2,1H3,(H2,25,31)(H,33,34)(H2,27,28,35). The number of nitrogens with two attached hydrogens (primary N) is 1. The Labute approximate surface area is 208 Å². The molecule has 0 saturated carbocycles. The number of imidazole rings is 1. The number of carbonyl (C=O) groups is 2. The SMILES string of the molecule is CCn1c(-c2nonc2N)nc2cnc(Oc3cccc(NC(=O)Nc4ccc(C(=O)O)cc4)c3)cc21. The highest BCUT2D eigenvalue weighted by molar-refractivity contribution is 6.00. The van der Waals surface area contributed by atoms with Crippen LogP contribution < -0.4 is 21.1 Å². The second-order valence-electron chi connectivity index (χ2n) is 7.78. The Balaban J connectivity index is 1.31. The topological polar surface area (TPSA) is 183 Å². The number of aryl methyl sites for hydroxylation is 1. The molecule has 0 aliphatic carbocycles. The molecule has 13 nitrogen and oxygen atoms in total. The van der Waals surface area contributed by atoms with Crippen LogP contribution in [-0.4, -0.2) is 42.0 Å². The Morgan fingerprint density at radius 1 is 1.08 bits per heavy atom. The van der Waals surface area contributed by atoms with Crippen LogP contribution in [0.4, 0.5) is 22.0 Å². The van der Waals surface area contributed by atoms with Gasteiger partial charge in [-0.25, -0.2) is 24.2 Å². The summed E-state index contributed by atoms with van der Waals surface area (Å²) in [7, 11) is 0. The number of aromatic nitrogens is 5. The van der Waals surface area contributed by atoms with Crippen LogP contribution in [-0.2, 0) is 6.54 Å². The average molecular weight is 500 g/mol. The predicted octanol–water partition coefficient (Wildman–Crippen LogP) is 4.22. The number of nitrogens with one attached hydrogen (secondary N) is 2. The number of anilines is 3. The van der Waals surface area contributed by atoms with E-state index in [1.54, 1.807) is 36.5 Å². The van der Waals surface area contributed by atoms with Crippen molar-refractivity contribution in [3.63, 3.8) is 0 Å². The molecule has 13 heteroatoms. The quantitative estimate of drug-likeness (QED) is 0.252. The van der Waals surface area contributed by atoms with Gasteiger partial charge in [-0.3, -0.25) is 0 Å². The normalized spacial score (nSPS) is 10.8. The summed E-state index contributed by atoms with van der Waals surface area (Å²) in [6.07, 6.45) is 1.58. The number of nitrogens with zero attached hydrogens (tertiary/aromatic N) is 5. The number of carboxylic acid groups (broad SMARTS) is 1. The molecule has 3 heterocycles. The molecule has 5 rings (SSSR count). The molecular weight excluding hydrogens is 480 g/mol. The van der Waals surface area contributed by atoms with E-state index >= 15 is 0 Å². The van der Waals surface area contributed by atoms with Crippen molar-refractivity contribution in [3.05, 3.63) is 66.4 Å². The number of fused-ring (bicyclic) bond motifs is 1. The first-order chi connectivity index (χ1) is 17.9. The maximum absolute atomic E-state index is 12.4. The number of carboxylic acids is 1. The van der Waals surface area contributed by atoms with Crippen LogP contribution in [0.15, 0.2) is 65.4 Å². The number of hydrogen-bond donors (Lipinski definition) is 4. The molecule has 2 aromatic carbocycles. The highest BCUT2D eigenvalue weighted by Crippen LogP contribution is 2.30. The Kier molecular flexibility index (Phi) is 6.08. The number of urea groups is 1. The van der Waals surface area contributed by atoms with Crippen LogP contribution in [0.2, 0.25) is 0 Å². The van der Waals surface area contributed by atoms with E-state index in [-0.39, 0.29) is 11.4 Å². The fourth-order valence-corrected chi connectivity index (χ4v) is 3.66. The minimum absolute atomic E-state index is 0.125. The molecule has 0 aliphatic rings. The third-order valence-corrected chi connectivity index (χ3v) is 5.36. The van der Waals surface area contributed by atoms with Crippen molar-refractivity contribution in [2.24, 2.45) is 0 Å². The number of benzene rings is 2. The second-order valence-corrected chi connectivity index (χ2v) is 7.78. The van der Waals surface area contributed by atoms with Crippen molar-refractivity contribution in [3.8, 4) is 23.1 Å². The molecular formula is C24H20N8O5. The summed E-state index contributed by atoms with van der Waals surface area (Å²) >= 11 is 0. The molecule has 0 saturated heterocycles. The molecule has 37 heavy (non-hydrogen) atoms. The lowest BCUT2D eigenvalue weighted by molar-refractivity contribution is 0.0697. The van der Waals surface area contributed by atoms with Gasteiger partial charge in [0.25, 0.3) is 0 Å². The van der Waals surface area contributed by atoms with Crippen molar-refractivity contribution in [2.45, 2.75) is 13.5 Å². The fraction of sp³-hybridized carbons (Fsp3) is 0.0833. The van der Waals surface area contributed by atoms with E-state index in [0.717, 1.165) is 5.52 Å². The van der Waals surface area contributed by atoms with Crippen LogP contribution in [0.1, 0.15) is 17.3 Å². The second kappa shape index (κ2) is 9.65. The number of amides is 2. The number of ether oxygens (including phenoxy) is 1. The lowest BCUT2D eigenvalue weighted by Gasteiger charge is -2.10. The third-order valence-electron chi connectivity index (χ3n) is 5.36. The van der Waals surface area contributed by atoms with Crippen molar-refractivity contribution in [2.75, 3.05) is 16.4 Å². The number of nitrogen functional groups attached to an aromatic ring is 1. The zero-order valence-corrected chi connectivity index (χ0v) is 19.4. The van der Waals surface area contributed by atoms with Gasteiger partial charge in [0.2, 0.25) is 5.88 Å². The van der Waals surface area contributed by atoms with Gasteiger partial charge in [0.05, 0.1) is 17.3 Å². The summed E-state index contributed by atoms with van der Waals surface area (Å²) in [6.45, 7) is 2.53. The monoisotopic (exact) mass is 500 g/mol. The number of carbonyl (C=O) groups excluding carboxylic acids is 1. The average Bonchev–Trinajstić information content (AvgIpc) is 3.46. The van der Waals surface area contributed by atoms with Gasteiger partial charge in [-0.2, -0.15) is 0 Å². The van der Waals surface area contributed by atoms with E-state index in [0.29, 0.717) is 46.6 Å². The highest BCUT2D eigenvalue weighted by atomic mass is 16.6. The highest BCUT2D eigenvalue weighted by Gasteiger charge is 2.19. The van der Waals surface area contributed by atoms with Gasteiger partial charge >= 0.3 is 12.0 Å². The number of pyridine rings is 1. The number of aromatic carboxylic acids is 1. The first-order valence-corrected chi connectivity index (χ1v) is 11.0. The smallest absolute Gasteiger partial charge is 0.335 e. The first kappa shape index (κ1) is 23.3. The lowest BCUT2D eigenvalue weighted by atomic mass is 10.2. The minimum Gasteiger partial charge on any atom is -0.478 e. The molecule has 0 atom stereocenters. The van der Waals surface area contributed by atoms with Crippen LogP contribution in [0, 0.1) is 0 Å². The predicted molar refractivity (Wildman–Crippen MR) is 133 cm³/mol.